The van der Waals surface area contributed by atoms with Gasteiger partial charge in [0.05, 0.1) is 18.1 Å². The average Bonchev–Trinajstić information content (AvgIpc) is 3.37. The Balaban J connectivity index is 1.72. The van der Waals surface area contributed by atoms with Crippen LogP contribution in [0.15, 0.2) is 97.3 Å². The van der Waals surface area contributed by atoms with E-state index in [0.29, 0.717) is 0 Å². The van der Waals surface area contributed by atoms with Crippen molar-refractivity contribution in [2.75, 3.05) is 13.7 Å². The molecule has 6 rings (SSSR count). The predicted molar refractivity (Wildman–Crippen MR) is 164 cm³/mol. The second-order valence-corrected chi connectivity index (χ2v) is 13.1. The van der Waals surface area contributed by atoms with Crippen molar-refractivity contribution in [3.05, 3.63) is 125 Å². The summed E-state index contributed by atoms with van der Waals surface area (Å²) in [5, 5.41) is 0. The lowest BCUT2D eigenvalue weighted by atomic mass is 9.72. The average molecular weight is 530 g/mol. The van der Waals surface area contributed by atoms with Gasteiger partial charge in [0.15, 0.2) is 0 Å². The summed E-state index contributed by atoms with van der Waals surface area (Å²) < 4.78 is 6.96. The van der Waals surface area contributed by atoms with E-state index in [-0.39, 0.29) is 10.8 Å². The number of para-hydroxylation sites is 1. The molecule has 3 heterocycles. The van der Waals surface area contributed by atoms with E-state index in [2.05, 4.69) is 150 Å². The number of hydrogen-bond acceptors (Lipinski definition) is 4. The Hall–Kier alpha value is -4.05. The van der Waals surface area contributed by atoms with Crippen LogP contribution in [0.5, 0.6) is 11.5 Å². The zero-order chi connectivity index (χ0) is 28.3. The fraction of sp³-hybridized carbons (Fsp3) is 0.306. The summed E-state index contributed by atoms with van der Waals surface area (Å²) in [7, 11) is 2.12. The molecule has 1 atom stereocenters. The summed E-state index contributed by atoms with van der Waals surface area (Å²) in [6.07, 6.45) is 4.35. The number of pyridine rings is 1. The monoisotopic (exact) mass is 529 g/mol. The zero-order valence-corrected chi connectivity index (χ0v) is 24.7. The molecule has 0 saturated carbocycles. The summed E-state index contributed by atoms with van der Waals surface area (Å²) in [5.41, 5.74) is 6.91. The van der Waals surface area contributed by atoms with E-state index in [1.807, 2.05) is 6.07 Å². The van der Waals surface area contributed by atoms with Crippen LogP contribution in [0, 0.1) is 0 Å². The van der Waals surface area contributed by atoms with Gasteiger partial charge in [-0.15, -0.1) is 0 Å². The summed E-state index contributed by atoms with van der Waals surface area (Å²) in [6, 6.07) is 30.3. The van der Waals surface area contributed by atoms with Crippen LogP contribution in [-0.2, 0) is 16.4 Å². The van der Waals surface area contributed by atoms with E-state index < -0.39 is 5.54 Å². The molecule has 0 bridgehead atoms. The molecule has 204 valence electrons. The molecule has 0 spiro atoms. The SMILES string of the molecule is CN1C=CN([C@]2(c3cccc(-c4ccccc4)n3)c3ccc(C(C)(C)C)cc3Oc3c(C(C)(C)C)cccc32)C1. The molecule has 0 saturated heterocycles. The van der Waals surface area contributed by atoms with Crippen molar-refractivity contribution < 1.29 is 4.74 Å². The minimum absolute atomic E-state index is 0.00981. The summed E-state index contributed by atoms with van der Waals surface area (Å²) in [4.78, 5) is 10.1. The molecule has 2 aliphatic rings. The Morgan fingerprint density at radius 2 is 1.50 bits per heavy atom. The molecule has 0 fully saturated rings. The van der Waals surface area contributed by atoms with Gasteiger partial charge in [-0.25, -0.2) is 4.98 Å². The van der Waals surface area contributed by atoms with Crippen molar-refractivity contribution in [3.8, 4) is 22.8 Å². The third kappa shape index (κ3) is 4.18. The number of aromatic nitrogens is 1. The van der Waals surface area contributed by atoms with E-state index in [1.165, 1.54) is 11.1 Å². The number of nitrogens with zero attached hydrogens (tertiary/aromatic N) is 3. The second kappa shape index (κ2) is 9.26. The van der Waals surface area contributed by atoms with Gasteiger partial charge in [-0.1, -0.05) is 108 Å². The quantitative estimate of drug-likeness (QED) is 0.266. The van der Waals surface area contributed by atoms with Crippen LogP contribution in [0.3, 0.4) is 0 Å². The van der Waals surface area contributed by atoms with Gasteiger partial charge < -0.3 is 14.5 Å². The van der Waals surface area contributed by atoms with Gasteiger partial charge in [-0.2, -0.15) is 0 Å². The molecule has 0 radical (unpaired) electrons. The van der Waals surface area contributed by atoms with Crippen molar-refractivity contribution in [2.24, 2.45) is 0 Å². The van der Waals surface area contributed by atoms with Crippen LogP contribution >= 0.6 is 0 Å². The van der Waals surface area contributed by atoms with Crippen molar-refractivity contribution in [1.29, 1.82) is 0 Å². The van der Waals surface area contributed by atoms with Crippen LogP contribution in [-0.4, -0.2) is 28.5 Å². The standard InChI is InChI=1S/C36H39N3O/c1-34(2,3)26-19-20-27-31(23-26)40-33-28(35(4,5)6)15-11-16-29(33)36(27,39-22-21-38(7)24-39)32-18-12-17-30(37-32)25-13-9-8-10-14-25/h8-23H,24H2,1-7H3/t36-/m1/s1. The molecule has 0 N–H and O–H groups in total. The zero-order valence-electron chi connectivity index (χ0n) is 24.7. The Labute approximate surface area is 238 Å². The number of hydrogen-bond donors (Lipinski definition) is 0. The molecule has 3 aromatic carbocycles. The molecular formula is C36H39N3O. The number of rotatable bonds is 3. The van der Waals surface area contributed by atoms with Gasteiger partial charge in [0.2, 0.25) is 0 Å². The van der Waals surface area contributed by atoms with Gasteiger partial charge in [0, 0.05) is 41.7 Å². The highest BCUT2D eigenvalue weighted by atomic mass is 16.5. The van der Waals surface area contributed by atoms with Crippen LogP contribution in [0.25, 0.3) is 11.3 Å². The fourth-order valence-electron chi connectivity index (χ4n) is 6.03. The Kier molecular flexibility index (Phi) is 6.06. The van der Waals surface area contributed by atoms with E-state index in [4.69, 9.17) is 9.72 Å². The van der Waals surface area contributed by atoms with Crippen LogP contribution < -0.4 is 4.74 Å². The molecule has 2 aliphatic heterocycles. The van der Waals surface area contributed by atoms with E-state index in [9.17, 15) is 0 Å². The molecule has 40 heavy (non-hydrogen) atoms. The van der Waals surface area contributed by atoms with Gasteiger partial charge in [0.25, 0.3) is 0 Å². The molecule has 0 aliphatic carbocycles. The molecular weight excluding hydrogens is 490 g/mol. The third-order valence-electron chi connectivity index (χ3n) is 8.16. The molecule has 1 aromatic heterocycles. The maximum atomic E-state index is 6.96. The molecule has 0 amide bonds. The van der Waals surface area contributed by atoms with Crippen molar-refractivity contribution >= 4 is 0 Å². The molecule has 4 heteroatoms. The van der Waals surface area contributed by atoms with Crippen LogP contribution in [0.2, 0.25) is 0 Å². The van der Waals surface area contributed by atoms with Gasteiger partial charge in [0.1, 0.15) is 17.0 Å². The maximum Gasteiger partial charge on any atom is 0.142 e. The van der Waals surface area contributed by atoms with Crippen LogP contribution in [0.4, 0.5) is 0 Å². The summed E-state index contributed by atoms with van der Waals surface area (Å²) in [6.45, 7) is 14.3. The lowest BCUT2D eigenvalue weighted by Gasteiger charge is -2.47. The van der Waals surface area contributed by atoms with Crippen LogP contribution in [0.1, 0.15) is 69.5 Å². The lowest BCUT2D eigenvalue weighted by molar-refractivity contribution is 0.176. The van der Waals surface area contributed by atoms with Gasteiger partial charge in [-0.3, -0.25) is 0 Å². The van der Waals surface area contributed by atoms with Gasteiger partial charge >= 0.3 is 0 Å². The molecule has 4 aromatic rings. The van der Waals surface area contributed by atoms with Crippen molar-refractivity contribution in [2.45, 2.75) is 57.9 Å². The first-order chi connectivity index (χ1) is 19.0. The largest absolute Gasteiger partial charge is 0.456 e. The summed E-state index contributed by atoms with van der Waals surface area (Å²) in [5.74, 6) is 1.83. The lowest BCUT2D eigenvalue weighted by Crippen LogP contribution is -2.48. The highest BCUT2D eigenvalue weighted by Gasteiger charge is 2.51. The number of ether oxygens (including phenoxy) is 1. The number of fused-ring (bicyclic) bond motifs is 2. The second-order valence-electron chi connectivity index (χ2n) is 13.1. The Bertz CT molecular complexity index is 1590. The maximum absolute atomic E-state index is 6.96. The predicted octanol–water partition coefficient (Wildman–Crippen LogP) is 8.42. The van der Waals surface area contributed by atoms with Crippen molar-refractivity contribution in [3.63, 3.8) is 0 Å². The van der Waals surface area contributed by atoms with Gasteiger partial charge in [-0.05, 0) is 34.6 Å². The summed E-state index contributed by atoms with van der Waals surface area (Å²) >= 11 is 0. The third-order valence-corrected chi connectivity index (χ3v) is 8.16. The highest BCUT2D eigenvalue weighted by molar-refractivity contribution is 5.67. The first kappa shape index (κ1) is 26.2. The minimum Gasteiger partial charge on any atom is -0.456 e. The molecule has 0 unspecified atom stereocenters. The Morgan fingerprint density at radius 3 is 2.17 bits per heavy atom. The molecule has 4 nitrogen and oxygen atoms in total. The minimum atomic E-state index is -0.688. The smallest absolute Gasteiger partial charge is 0.142 e. The first-order valence-corrected chi connectivity index (χ1v) is 14.1. The normalized spacial score (nSPS) is 18.4. The topological polar surface area (TPSA) is 28.6 Å². The van der Waals surface area contributed by atoms with E-state index in [1.54, 1.807) is 0 Å². The van der Waals surface area contributed by atoms with Crippen molar-refractivity contribution in [1.82, 2.24) is 14.8 Å². The Morgan fingerprint density at radius 1 is 0.750 bits per heavy atom. The first-order valence-electron chi connectivity index (χ1n) is 14.1. The highest BCUT2D eigenvalue weighted by Crippen LogP contribution is 2.56. The van der Waals surface area contributed by atoms with E-state index in [0.717, 1.165) is 46.2 Å². The fourth-order valence-corrected chi connectivity index (χ4v) is 6.03. The van der Waals surface area contributed by atoms with E-state index >= 15 is 0 Å². The number of benzene rings is 3.